The molecule has 1 rings (SSSR count). The summed E-state index contributed by atoms with van der Waals surface area (Å²) >= 11 is 0. The molecule has 108 valence electrons. The molecule has 5 nitrogen and oxygen atoms in total. The number of hydrogen-bond donors (Lipinski definition) is 2. The van der Waals surface area contributed by atoms with Crippen LogP contribution in [0, 0.1) is 5.92 Å². The fourth-order valence-corrected chi connectivity index (χ4v) is 1.96. The third-order valence-electron chi connectivity index (χ3n) is 3.25. The van der Waals surface area contributed by atoms with Gasteiger partial charge in [0.2, 0.25) is 5.91 Å². The average molecular weight is 266 g/mol. The second-order valence-electron chi connectivity index (χ2n) is 5.08. The number of nitrogens with one attached hydrogen (secondary N) is 1. The molecule has 0 aliphatic heterocycles. The zero-order chi connectivity index (χ0) is 13.9. The van der Waals surface area contributed by atoms with Crippen molar-refractivity contribution in [1.82, 2.24) is 14.9 Å². The molecule has 0 spiro atoms. The molecule has 0 aliphatic carbocycles. The molecular formula is C14H26N4O. The molecular weight excluding hydrogens is 240 g/mol. The molecule has 0 saturated carbocycles. The van der Waals surface area contributed by atoms with E-state index in [0.29, 0.717) is 18.9 Å². The highest BCUT2D eigenvalue weighted by atomic mass is 16.1. The third-order valence-corrected chi connectivity index (χ3v) is 3.25. The second kappa shape index (κ2) is 9.55. The van der Waals surface area contributed by atoms with Gasteiger partial charge in [-0.25, -0.2) is 4.98 Å². The van der Waals surface area contributed by atoms with Crippen molar-refractivity contribution in [2.45, 2.75) is 45.6 Å². The smallest absolute Gasteiger partial charge is 0.220 e. The molecule has 19 heavy (non-hydrogen) atoms. The van der Waals surface area contributed by atoms with E-state index in [1.54, 1.807) is 6.20 Å². The van der Waals surface area contributed by atoms with Crippen LogP contribution in [0.2, 0.25) is 0 Å². The van der Waals surface area contributed by atoms with E-state index in [9.17, 15) is 4.79 Å². The molecule has 0 aromatic carbocycles. The first-order valence-corrected chi connectivity index (χ1v) is 7.15. The SMILES string of the molecule is CC(CCN)CCC(=O)NCCCCn1ccnc1. The Labute approximate surface area is 115 Å². The first kappa shape index (κ1) is 15.7. The Hall–Kier alpha value is -1.36. The van der Waals surface area contributed by atoms with Crippen molar-refractivity contribution in [3.8, 4) is 0 Å². The number of nitrogens with zero attached hydrogens (tertiary/aromatic N) is 2. The molecule has 5 heteroatoms. The molecule has 1 aromatic heterocycles. The van der Waals surface area contributed by atoms with Gasteiger partial charge in [-0.05, 0) is 38.1 Å². The minimum Gasteiger partial charge on any atom is -0.356 e. The van der Waals surface area contributed by atoms with Crippen LogP contribution in [-0.4, -0.2) is 28.5 Å². The van der Waals surface area contributed by atoms with Gasteiger partial charge < -0.3 is 15.6 Å². The quantitative estimate of drug-likeness (QED) is 0.631. The summed E-state index contributed by atoms with van der Waals surface area (Å²) in [7, 11) is 0. The Kier molecular flexibility index (Phi) is 7.89. The van der Waals surface area contributed by atoms with Crippen LogP contribution in [0.15, 0.2) is 18.7 Å². The van der Waals surface area contributed by atoms with Crippen molar-refractivity contribution < 1.29 is 4.79 Å². The Bertz CT molecular complexity index is 337. The monoisotopic (exact) mass is 266 g/mol. The number of rotatable bonds is 10. The summed E-state index contributed by atoms with van der Waals surface area (Å²) in [6.45, 7) is 4.57. The highest BCUT2D eigenvalue weighted by Crippen LogP contribution is 2.08. The van der Waals surface area contributed by atoms with Gasteiger partial charge in [0, 0.05) is 31.9 Å². The predicted octanol–water partition coefficient (Wildman–Crippen LogP) is 1.54. The maximum absolute atomic E-state index is 11.6. The van der Waals surface area contributed by atoms with E-state index in [1.807, 2.05) is 12.5 Å². The van der Waals surface area contributed by atoms with Crippen molar-refractivity contribution in [2.24, 2.45) is 11.7 Å². The number of unbranched alkanes of at least 4 members (excludes halogenated alkanes) is 1. The van der Waals surface area contributed by atoms with Gasteiger partial charge in [-0.2, -0.15) is 0 Å². The zero-order valence-corrected chi connectivity index (χ0v) is 11.8. The minimum absolute atomic E-state index is 0.159. The third kappa shape index (κ3) is 7.62. The highest BCUT2D eigenvalue weighted by Gasteiger charge is 2.05. The molecule has 1 amide bonds. The molecule has 0 fully saturated rings. The summed E-state index contributed by atoms with van der Waals surface area (Å²) in [4.78, 5) is 15.6. The largest absolute Gasteiger partial charge is 0.356 e. The number of amides is 1. The fourth-order valence-electron chi connectivity index (χ4n) is 1.96. The normalized spacial score (nSPS) is 12.3. The molecule has 1 atom stereocenters. The van der Waals surface area contributed by atoms with Gasteiger partial charge in [0.05, 0.1) is 6.33 Å². The van der Waals surface area contributed by atoms with E-state index in [1.165, 1.54) is 0 Å². The van der Waals surface area contributed by atoms with Gasteiger partial charge in [-0.15, -0.1) is 0 Å². The summed E-state index contributed by atoms with van der Waals surface area (Å²) in [6, 6.07) is 0. The lowest BCUT2D eigenvalue weighted by molar-refractivity contribution is -0.121. The summed E-state index contributed by atoms with van der Waals surface area (Å²) in [6.07, 6.45) is 10.2. The molecule has 0 saturated heterocycles. The molecule has 0 aliphatic rings. The van der Waals surface area contributed by atoms with Gasteiger partial charge in [-0.1, -0.05) is 6.92 Å². The van der Waals surface area contributed by atoms with Crippen molar-refractivity contribution in [2.75, 3.05) is 13.1 Å². The average Bonchev–Trinajstić information content (AvgIpc) is 2.89. The van der Waals surface area contributed by atoms with Crippen LogP contribution < -0.4 is 11.1 Å². The lowest BCUT2D eigenvalue weighted by Crippen LogP contribution is -2.25. The first-order chi connectivity index (χ1) is 9.22. The molecule has 0 radical (unpaired) electrons. The van der Waals surface area contributed by atoms with Gasteiger partial charge in [0.25, 0.3) is 0 Å². The van der Waals surface area contributed by atoms with Crippen LogP contribution in [0.5, 0.6) is 0 Å². The van der Waals surface area contributed by atoms with Crippen LogP contribution in [-0.2, 0) is 11.3 Å². The number of carbonyl (C=O) groups is 1. The van der Waals surface area contributed by atoms with E-state index in [-0.39, 0.29) is 5.91 Å². The van der Waals surface area contributed by atoms with E-state index < -0.39 is 0 Å². The highest BCUT2D eigenvalue weighted by molar-refractivity contribution is 5.75. The van der Waals surface area contributed by atoms with Crippen molar-refractivity contribution in [3.05, 3.63) is 18.7 Å². The van der Waals surface area contributed by atoms with Gasteiger partial charge in [0.1, 0.15) is 0 Å². The number of carbonyl (C=O) groups excluding carboxylic acids is 1. The Balaban J connectivity index is 1.95. The molecule has 3 N–H and O–H groups in total. The van der Waals surface area contributed by atoms with E-state index >= 15 is 0 Å². The van der Waals surface area contributed by atoms with Crippen molar-refractivity contribution >= 4 is 5.91 Å². The molecule has 0 bridgehead atoms. The topological polar surface area (TPSA) is 72.9 Å². The van der Waals surface area contributed by atoms with Crippen LogP contribution in [0.4, 0.5) is 0 Å². The molecule has 1 heterocycles. The second-order valence-corrected chi connectivity index (χ2v) is 5.08. The van der Waals surface area contributed by atoms with E-state index in [0.717, 1.165) is 38.8 Å². The Morgan fingerprint density at radius 1 is 1.42 bits per heavy atom. The summed E-state index contributed by atoms with van der Waals surface area (Å²) < 4.78 is 2.05. The lowest BCUT2D eigenvalue weighted by atomic mass is 10.0. The number of nitrogens with two attached hydrogens (primary N) is 1. The molecule has 1 unspecified atom stereocenters. The number of aromatic nitrogens is 2. The summed E-state index contributed by atoms with van der Waals surface area (Å²) in [5.41, 5.74) is 5.48. The predicted molar refractivity (Wildman–Crippen MR) is 76.5 cm³/mol. The van der Waals surface area contributed by atoms with Gasteiger partial charge in [-0.3, -0.25) is 4.79 Å². The Morgan fingerprint density at radius 2 is 2.26 bits per heavy atom. The van der Waals surface area contributed by atoms with Crippen molar-refractivity contribution in [1.29, 1.82) is 0 Å². The fraction of sp³-hybridized carbons (Fsp3) is 0.714. The lowest BCUT2D eigenvalue weighted by Gasteiger charge is -2.10. The zero-order valence-electron chi connectivity index (χ0n) is 11.8. The maximum Gasteiger partial charge on any atom is 0.220 e. The van der Waals surface area contributed by atoms with Crippen molar-refractivity contribution in [3.63, 3.8) is 0 Å². The van der Waals surface area contributed by atoms with E-state index in [2.05, 4.69) is 21.8 Å². The van der Waals surface area contributed by atoms with Crippen LogP contribution >= 0.6 is 0 Å². The van der Waals surface area contributed by atoms with Gasteiger partial charge in [0.15, 0.2) is 0 Å². The maximum atomic E-state index is 11.6. The summed E-state index contributed by atoms with van der Waals surface area (Å²) in [5.74, 6) is 0.698. The van der Waals surface area contributed by atoms with Crippen LogP contribution in [0.1, 0.15) is 39.0 Å². The standard InChI is InChI=1S/C14H26N4O/c1-13(6-7-15)4-5-14(19)17-8-2-3-10-18-11-9-16-12-18/h9,11-13H,2-8,10,15H2,1H3,(H,17,19). The Morgan fingerprint density at radius 3 is 2.95 bits per heavy atom. The van der Waals surface area contributed by atoms with Crippen LogP contribution in [0.25, 0.3) is 0 Å². The van der Waals surface area contributed by atoms with Gasteiger partial charge >= 0.3 is 0 Å². The number of hydrogen-bond acceptors (Lipinski definition) is 3. The van der Waals surface area contributed by atoms with E-state index in [4.69, 9.17) is 5.73 Å². The molecule has 1 aromatic rings. The minimum atomic E-state index is 0.159. The first-order valence-electron chi connectivity index (χ1n) is 7.15. The number of aryl methyl sites for hydroxylation is 1. The number of imidazole rings is 1. The summed E-state index contributed by atoms with van der Waals surface area (Å²) in [5, 5.41) is 2.97. The van der Waals surface area contributed by atoms with Crippen LogP contribution in [0.3, 0.4) is 0 Å².